The third kappa shape index (κ3) is 4.50. The molecule has 0 aliphatic heterocycles. The average molecular weight is 433 g/mol. The number of aromatic nitrogens is 1. The van der Waals surface area contributed by atoms with Gasteiger partial charge in [-0.1, -0.05) is 29.8 Å². The van der Waals surface area contributed by atoms with Crippen molar-refractivity contribution in [3.05, 3.63) is 74.1 Å². The number of hydrogen-bond donors (Lipinski definition) is 2. The highest BCUT2D eigenvalue weighted by Gasteiger charge is 2.18. The third-order valence-electron chi connectivity index (χ3n) is 3.84. The molecule has 0 spiro atoms. The van der Waals surface area contributed by atoms with Gasteiger partial charge in [-0.3, -0.25) is 20.2 Å². The molecule has 2 N–H and O–H groups in total. The van der Waals surface area contributed by atoms with E-state index in [1.54, 1.807) is 12.1 Å². The second kappa shape index (κ2) is 8.42. The van der Waals surface area contributed by atoms with Crippen LogP contribution in [-0.4, -0.2) is 20.9 Å². The van der Waals surface area contributed by atoms with E-state index in [0.717, 1.165) is 11.3 Å². The molecular formula is C18H13ClN4O3S2. The summed E-state index contributed by atoms with van der Waals surface area (Å²) in [4.78, 5) is 27.3. The van der Waals surface area contributed by atoms with Crippen molar-refractivity contribution in [2.75, 3.05) is 5.32 Å². The van der Waals surface area contributed by atoms with Crippen LogP contribution in [0, 0.1) is 17.0 Å². The van der Waals surface area contributed by atoms with Gasteiger partial charge in [-0.2, -0.15) is 0 Å². The zero-order chi connectivity index (χ0) is 20.3. The summed E-state index contributed by atoms with van der Waals surface area (Å²) in [5, 5.41) is 19.4. The number of hydrogen-bond acceptors (Lipinski definition) is 6. The number of rotatable bonds is 4. The molecule has 0 aliphatic rings. The molecule has 2 aromatic carbocycles. The van der Waals surface area contributed by atoms with Crippen LogP contribution in [-0.2, 0) is 0 Å². The van der Waals surface area contributed by atoms with Crippen molar-refractivity contribution in [3.8, 4) is 11.3 Å². The summed E-state index contributed by atoms with van der Waals surface area (Å²) in [5.74, 6) is -0.534. The molecule has 1 amide bonds. The Labute approximate surface area is 174 Å². The van der Waals surface area contributed by atoms with Gasteiger partial charge in [0.2, 0.25) is 0 Å². The largest absolute Gasteiger partial charge is 0.308 e. The Bertz CT molecular complexity index is 1070. The van der Waals surface area contributed by atoms with Crippen LogP contribution < -0.4 is 10.6 Å². The van der Waals surface area contributed by atoms with Crippen molar-refractivity contribution in [1.82, 2.24) is 10.3 Å². The number of halogens is 1. The van der Waals surface area contributed by atoms with E-state index in [9.17, 15) is 14.9 Å². The number of thiocarbonyl (C=S) groups is 1. The minimum Gasteiger partial charge on any atom is -0.308 e. The lowest BCUT2D eigenvalue weighted by Gasteiger charge is -2.09. The van der Waals surface area contributed by atoms with E-state index in [1.165, 1.54) is 36.5 Å². The van der Waals surface area contributed by atoms with Crippen LogP contribution in [0.4, 0.5) is 10.8 Å². The average Bonchev–Trinajstić information content (AvgIpc) is 3.10. The lowest BCUT2D eigenvalue weighted by Crippen LogP contribution is -2.34. The van der Waals surface area contributed by atoms with E-state index >= 15 is 0 Å². The second-order valence-electron chi connectivity index (χ2n) is 5.66. The van der Waals surface area contributed by atoms with Gasteiger partial charge in [0.15, 0.2) is 10.2 Å². The summed E-state index contributed by atoms with van der Waals surface area (Å²) in [6.07, 6.45) is 0. The number of nitro groups is 1. The highest BCUT2D eigenvalue weighted by atomic mass is 35.5. The number of thiazole rings is 1. The summed E-state index contributed by atoms with van der Waals surface area (Å²) in [5.41, 5.74) is 1.97. The van der Waals surface area contributed by atoms with Gasteiger partial charge in [-0.15, -0.1) is 11.3 Å². The maximum Gasteiger partial charge on any atom is 0.273 e. The molecule has 0 radical (unpaired) electrons. The Kier molecular flexibility index (Phi) is 5.98. The van der Waals surface area contributed by atoms with E-state index < -0.39 is 10.8 Å². The van der Waals surface area contributed by atoms with Crippen LogP contribution in [0.2, 0.25) is 5.02 Å². The molecule has 0 aliphatic carbocycles. The van der Waals surface area contributed by atoms with E-state index in [1.807, 2.05) is 17.5 Å². The molecule has 0 saturated heterocycles. The molecule has 1 aromatic heterocycles. The number of carbonyl (C=O) groups is 1. The lowest BCUT2D eigenvalue weighted by atomic mass is 10.1. The number of anilines is 1. The van der Waals surface area contributed by atoms with Crippen molar-refractivity contribution in [2.24, 2.45) is 0 Å². The van der Waals surface area contributed by atoms with Gasteiger partial charge in [0, 0.05) is 33.2 Å². The smallest absolute Gasteiger partial charge is 0.273 e. The van der Waals surface area contributed by atoms with Gasteiger partial charge in [-0.25, -0.2) is 4.98 Å². The zero-order valence-electron chi connectivity index (χ0n) is 14.4. The van der Waals surface area contributed by atoms with Gasteiger partial charge >= 0.3 is 0 Å². The predicted molar refractivity (Wildman–Crippen MR) is 114 cm³/mol. The van der Waals surface area contributed by atoms with Gasteiger partial charge in [0.1, 0.15) is 0 Å². The quantitative estimate of drug-likeness (QED) is 0.349. The molecule has 0 fully saturated rings. The molecule has 0 bridgehead atoms. The van der Waals surface area contributed by atoms with Gasteiger partial charge in [0.25, 0.3) is 11.6 Å². The first-order valence-electron chi connectivity index (χ1n) is 7.93. The Hall–Kier alpha value is -2.88. The summed E-state index contributed by atoms with van der Waals surface area (Å²) < 4.78 is 0. The van der Waals surface area contributed by atoms with E-state index in [0.29, 0.717) is 10.2 Å². The molecule has 3 rings (SSSR count). The first kappa shape index (κ1) is 19.9. The monoisotopic (exact) mass is 432 g/mol. The minimum atomic E-state index is -0.534. The predicted octanol–water partition coefficient (Wildman–Crippen LogP) is 4.81. The van der Waals surface area contributed by atoms with Crippen molar-refractivity contribution >= 4 is 57.0 Å². The third-order valence-corrected chi connectivity index (χ3v) is 5.05. The molecule has 10 heteroatoms. The summed E-state index contributed by atoms with van der Waals surface area (Å²) >= 11 is 12.4. The Morgan fingerprint density at radius 3 is 2.64 bits per heavy atom. The van der Waals surface area contributed by atoms with Crippen LogP contribution in [0.25, 0.3) is 11.3 Å². The number of nitrogens with one attached hydrogen (secondary N) is 2. The Morgan fingerprint density at radius 1 is 1.25 bits per heavy atom. The standard InChI is InChI=1S/C18H13ClN4O3S2/c1-10-13(3-2-4-15(10)23(25)26)16(24)21-17(27)22-18-20-14(9-28-18)11-5-7-12(19)8-6-11/h2-9H,1H3,(H2,20,21,22,24,27). The van der Waals surface area contributed by atoms with Crippen molar-refractivity contribution in [3.63, 3.8) is 0 Å². The maximum atomic E-state index is 12.4. The SMILES string of the molecule is Cc1c(C(=O)NC(=S)Nc2nc(-c3ccc(Cl)cc3)cs2)cccc1[N+](=O)[O-]. The molecule has 0 saturated carbocycles. The molecule has 3 aromatic rings. The van der Waals surface area contributed by atoms with Crippen LogP contribution >= 0.6 is 35.2 Å². The van der Waals surface area contributed by atoms with Crippen LogP contribution in [0.3, 0.4) is 0 Å². The van der Waals surface area contributed by atoms with E-state index in [2.05, 4.69) is 15.6 Å². The van der Waals surface area contributed by atoms with E-state index in [4.69, 9.17) is 23.8 Å². The van der Waals surface area contributed by atoms with Gasteiger partial charge in [-0.05, 0) is 37.3 Å². The van der Waals surface area contributed by atoms with Gasteiger partial charge in [0.05, 0.1) is 10.6 Å². The molecular weight excluding hydrogens is 420 g/mol. The minimum absolute atomic E-state index is 0.0490. The number of nitro benzene ring substituents is 1. The van der Waals surface area contributed by atoms with Crippen LogP contribution in [0.1, 0.15) is 15.9 Å². The summed E-state index contributed by atoms with van der Waals surface area (Å²) in [7, 11) is 0. The van der Waals surface area contributed by atoms with Crippen molar-refractivity contribution in [2.45, 2.75) is 6.92 Å². The Morgan fingerprint density at radius 2 is 1.96 bits per heavy atom. The number of amides is 1. The fraction of sp³-hybridized carbons (Fsp3) is 0.0556. The van der Waals surface area contributed by atoms with Gasteiger partial charge < -0.3 is 5.32 Å². The molecule has 28 heavy (non-hydrogen) atoms. The summed E-state index contributed by atoms with van der Waals surface area (Å²) in [6, 6.07) is 11.6. The fourth-order valence-corrected chi connectivity index (χ4v) is 3.55. The highest BCUT2D eigenvalue weighted by Crippen LogP contribution is 2.26. The molecule has 1 heterocycles. The van der Waals surface area contributed by atoms with E-state index in [-0.39, 0.29) is 21.9 Å². The highest BCUT2D eigenvalue weighted by molar-refractivity contribution is 7.80. The second-order valence-corrected chi connectivity index (χ2v) is 7.36. The maximum absolute atomic E-state index is 12.4. The normalized spacial score (nSPS) is 10.4. The molecule has 0 atom stereocenters. The number of carbonyl (C=O) groups excluding carboxylic acids is 1. The van der Waals surface area contributed by atoms with Crippen molar-refractivity contribution < 1.29 is 9.72 Å². The number of nitrogens with zero attached hydrogens (tertiary/aromatic N) is 2. The van der Waals surface area contributed by atoms with Crippen LogP contribution in [0.5, 0.6) is 0 Å². The zero-order valence-corrected chi connectivity index (χ0v) is 16.8. The first-order valence-corrected chi connectivity index (χ1v) is 9.59. The van der Waals surface area contributed by atoms with Crippen molar-refractivity contribution in [1.29, 1.82) is 0 Å². The molecule has 142 valence electrons. The topological polar surface area (TPSA) is 97.2 Å². The lowest BCUT2D eigenvalue weighted by molar-refractivity contribution is -0.385. The molecule has 0 unspecified atom stereocenters. The first-order chi connectivity index (χ1) is 13.3. The number of benzene rings is 2. The Balaban J connectivity index is 1.68. The fourth-order valence-electron chi connectivity index (χ4n) is 2.45. The van der Waals surface area contributed by atoms with Crippen LogP contribution in [0.15, 0.2) is 47.8 Å². The summed E-state index contributed by atoms with van der Waals surface area (Å²) in [6.45, 7) is 1.52. The molecule has 7 nitrogen and oxygen atoms in total.